The number of carbonyl (C=O) groups is 1. The predicted octanol–water partition coefficient (Wildman–Crippen LogP) is 3.72. The van der Waals surface area contributed by atoms with Crippen molar-refractivity contribution >= 4 is 17.7 Å². The van der Waals surface area contributed by atoms with Crippen molar-refractivity contribution in [2.24, 2.45) is 0 Å². The number of ether oxygens (including phenoxy) is 1. The summed E-state index contributed by atoms with van der Waals surface area (Å²) in [6, 6.07) is 10.0. The number of thioether (sulfide) groups is 1. The van der Waals surface area contributed by atoms with Crippen LogP contribution in [0.3, 0.4) is 0 Å². The van der Waals surface area contributed by atoms with Crippen LogP contribution in [0.5, 0.6) is 0 Å². The Labute approximate surface area is 151 Å². The van der Waals surface area contributed by atoms with Crippen molar-refractivity contribution in [2.75, 3.05) is 5.75 Å². The van der Waals surface area contributed by atoms with Crippen LogP contribution in [0.4, 0.5) is 0 Å². The lowest BCUT2D eigenvalue weighted by molar-refractivity contribution is -0.141. The predicted molar refractivity (Wildman–Crippen MR) is 97.8 cm³/mol. The number of aromatic nitrogens is 3. The smallest absolute Gasteiger partial charge is 0.316 e. The number of imidazole rings is 1. The molecule has 128 valence electrons. The maximum Gasteiger partial charge on any atom is 0.316 e. The van der Waals surface area contributed by atoms with Gasteiger partial charge in [0.2, 0.25) is 0 Å². The molecule has 0 aliphatic heterocycles. The highest BCUT2D eigenvalue weighted by Crippen LogP contribution is 2.22. The fraction of sp³-hybridized carbons (Fsp3) is 0.211. The molecule has 3 rings (SSSR count). The van der Waals surface area contributed by atoms with Crippen molar-refractivity contribution in [3.8, 4) is 5.69 Å². The van der Waals surface area contributed by atoms with Crippen LogP contribution in [0.2, 0.25) is 0 Å². The van der Waals surface area contributed by atoms with Crippen LogP contribution in [0.25, 0.3) is 5.69 Å². The lowest BCUT2D eigenvalue weighted by Gasteiger charge is -2.09. The highest BCUT2D eigenvalue weighted by atomic mass is 32.2. The van der Waals surface area contributed by atoms with Gasteiger partial charge in [0.25, 0.3) is 0 Å². The van der Waals surface area contributed by atoms with Crippen molar-refractivity contribution in [2.45, 2.75) is 25.6 Å². The first-order valence-electron chi connectivity index (χ1n) is 7.91. The molecule has 0 bridgehead atoms. The molecule has 0 aliphatic carbocycles. The first kappa shape index (κ1) is 17.2. The normalized spacial score (nSPS) is 10.6. The molecule has 0 saturated heterocycles. The van der Waals surface area contributed by atoms with Crippen molar-refractivity contribution in [1.82, 2.24) is 14.5 Å². The summed E-state index contributed by atoms with van der Waals surface area (Å²) in [7, 11) is 0. The zero-order valence-corrected chi connectivity index (χ0v) is 15.0. The molecular weight excluding hydrogens is 334 g/mol. The molecule has 0 N–H and O–H groups in total. The Bertz CT molecular complexity index is 842. The lowest BCUT2D eigenvalue weighted by Crippen LogP contribution is -2.08. The van der Waals surface area contributed by atoms with E-state index in [4.69, 9.17) is 4.74 Å². The van der Waals surface area contributed by atoms with Crippen LogP contribution in [-0.4, -0.2) is 26.3 Å². The largest absolute Gasteiger partial charge is 0.460 e. The van der Waals surface area contributed by atoms with Gasteiger partial charge in [-0.25, -0.2) is 4.98 Å². The summed E-state index contributed by atoms with van der Waals surface area (Å²) in [5.41, 5.74) is 4.30. The number of nitrogens with zero attached hydrogens (tertiary/aromatic N) is 3. The molecule has 5 nitrogen and oxygen atoms in total. The third-order valence-corrected chi connectivity index (χ3v) is 4.47. The van der Waals surface area contributed by atoms with E-state index in [2.05, 4.69) is 42.0 Å². The Balaban J connectivity index is 1.60. The van der Waals surface area contributed by atoms with Crippen molar-refractivity contribution in [3.05, 3.63) is 71.8 Å². The van der Waals surface area contributed by atoms with Crippen LogP contribution < -0.4 is 0 Å². The van der Waals surface area contributed by atoms with E-state index in [-0.39, 0.29) is 18.3 Å². The average molecular weight is 353 g/mol. The minimum absolute atomic E-state index is 0.210. The second-order valence-corrected chi connectivity index (χ2v) is 6.68. The second kappa shape index (κ2) is 7.98. The summed E-state index contributed by atoms with van der Waals surface area (Å²) in [6.45, 7) is 4.37. The zero-order chi connectivity index (χ0) is 17.6. The van der Waals surface area contributed by atoms with E-state index in [1.54, 1.807) is 18.6 Å². The number of hydrogen-bond acceptors (Lipinski definition) is 5. The zero-order valence-electron chi connectivity index (χ0n) is 14.2. The Morgan fingerprint density at radius 1 is 1.20 bits per heavy atom. The van der Waals surface area contributed by atoms with Gasteiger partial charge >= 0.3 is 5.97 Å². The molecule has 2 heterocycles. The number of benzene rings is 1. The number of hydrogen-bond donors (Lipinski definition) is 0. The average Bonchev–Trinajstić information content (AvgIpc) is 3.07. The summed E-state index contributed by atoms with van der Waals surface area (Å²) >= 11 is 1.37. The first-order chi connectivity index (χ1) is 12.1. The van der Waals surface area contributed by atoms with Gasteiger partial charge in [-0.2, -0.15) is 0 Å². The standard InChI is InChI=1S/C19H19N3O2S/c1-14-8-15(2)10-17(9-14)22-7-6-21-19(22)25-13-18(23)24-12-16-4-3-5-20-11-16/h3-11H,12-13H2,1-2H3. The minimum Gasteiger partial charge on any atom is -0.460 e. The highest BCUT2D eigenvalue weighted by molar-refractivity contribution is 7.99. The number of pyridine rings is 1. The van der Waals surface area contributed by atoms with Gasteiger partial charge in [0.1, 0.15) is 6.61 Å². The number of esters is 1. The van der Waals surface area contributed by atoms with Gasteiger partial charge in [-0.15, -0.1) is 0 Å². The first-order valence-corrected chi connectivity index (χ1v) is 8.90. The van der Waals surface area contributed by atoms with Crippen molar-refractivity contribution in [1.29, 1.82) is 0 Å². The number of rotatable bonds is 6. The van der Waals surface area contributed by atoms with E-state index in [1.807, 2.05) is 22.9 Å². The fourth-order valence-electron chi connectivity index (χ4n) is 2.50. The Kier molecular flexibility index (Phi) is 5.50. The molecule has 25 heavy (non-hydrogen) atoms. The van der Waals surface area contributed by atoms with Gasteiger partial charge in [-0.1, -0.05) is 23.9 Å². The molecule has 0 saturated carbocycles. The molecule has 3 aromatic rings. The van der Waals surface area contributed by atoms with E-state index in [0.717, 1.165) is 16.4 Å². The Hall–Kier alpha value is -2.60. The summed E-state index contributed by atoms with van der Waals surface area (Å²) in [4.78, 5) is 20.3. The van der Waals surface area contributed by atoms with Crippen LogP contribution in [0, 0.1) is 13.8 Å². The van der Waals surface area contributed by atoms with Gasteiger partial charge in [0.05, 0.1) is 5.75 Å². The monoisotopic (exact) mass is 353 g/mol. The van der Waals surface area contributed by atoms with Crippen molar-refractivity contribution < 1.29 is 9.53 Å². The van der Waals surface area contributed by atoms with Crippen LogP contribution in [0.1, 0.15) is 16.7 Å². The Morgan fingerprint density at radius 2 is 2.00 bits per heavy atom. The fourth-order valence-corrected chi connectivity index (χ4v) is 3.27. The van der Waals surface area contributed by atoms with Gasteiger partial charge in [-0.3, -0.25) is 14.3 Å². The summed E-state index contributed by atoms with van der Waals surface area (Å²) in [5, 5.41) is 0.767. The van der Waals surface area contributed by atoms with Gasteiger partial charge < -0.3 is 4.74 Å². The maximum atomic E-state index is 12.0. The second-order valence-electron chi connectivity index (χ2n) is 5.74. The molecule has 0 unspecified atom stereocenters. The Morgan fingerprint density at radius 3 is 2.72 bits per heavy atom. The van der Waals surface area contributed by atoms with E-state index in [0.29, 0.717) is 0 Å². The van der Waals surface area contributed by atoms with Gasteiger partial charge in [-0.05, 0) is 43.2 Å². The summed E-state index contributed by atoms with van der Waals surface area (Å²) in [5.74, 6) is -0.0638. The van der Waals surface area contributed by atoms with E-state index in [1.165, 1.54) is 22.9 Å². The quantitative estimate of drug-likeness (QED) is 0.499. The molecule has 0 amide bonds. The number of aryl methyl sites for hydroxylation is 2. The molecule has 1 aromatic carbocycles. The molecular formula is C19H19N3O2S. The van der Waals surface area contributed by atoms with E-state index in [9.17, 15) is 4.79 Å². The third kappa shape index (κ3) is 4.70. The third-order valence-electron chi connectivity index (χ3n) is 3.53. The molecule has 0 spiro atoms. The molecule has 0 radical (unpaired) electrons. The SMILES string of the molecule is Cc1cc(C)cc(-n2ccnc2SCC(=O)OCc2cccnc2)c1. The summed E-state index contributed by atoms with van der Waals surface area (Å²) < 4.78 is 7.26. The molecule has 6 heteroatoms. The molecule has 0 aliphatic rings. The topological polar surface area (TPSA) is 57.0 Å². The van der Waals surface area contributed by atoms with Gasteiger partial charge in [0.15, 0.2) is 5.16 Å². The van der Waals surface area contributed by atoms with E-state index < -0.39 is 0 Å². The molecule has 0 fully saturated rings. The van der Waals surface area contributed by atoms with Gasteiger partial charge in [0, 0.05) is 36.0 Å². The maximum absolute atomic E-state index is 12.0. The van der Waals surface area contributed by atoms with Crippen molar-refractivity contribution in [3.63, 3.8) is 0 Å². The minimum atomic E-state index is -0.274. The highest BCUT2D eigenvalue weighted by Gasteiger charge is 2.11. The number of carbonyl (C=O) groups excluding carboxylic acids is 1. The van der Waals surface area contributed by atoms with Crippen LogP contribution in [0.15, 0.2) is 60.3 Å². The summed E-state index contributed by atoms with van der Waals surface area (Å²) in [6.07, 6.45) is 7.01. The van der Waals surface area contributed by atoms with E-state index >= 15 is 0 Å². The molecule has 2 aromatic heterocycles. The molecule has 0 atom stereocenters. The van der Waals surface area contributed by atoms with Crippen LogP contribution in [-0.2, 0) is 16.1 Å². The lowest BCUT2D eigenvalue weighted by atomic mass is 10.1. The van der Waals surface area contributed by atoms with Crippen LogP contribution >= 0.6 is 11.8 Å².